The van der Waals surface area contributed by atoms with Crippen LogP contribution in [0, 0.1) is 11.8 Å². The standard InChI is InChI=1S/C34H50O/c1-3-5-7-8-9-11-27-12-15-29(16-13-27)30-17-19-31(20-18-30)32-21-23-33(24-22-32)34-25-14-28(26-35-34)10-6-4-2/h17-24,27-29,34H,3-16,25-26H2,1-2H3/t27-,28?,29-,34?. The Balaban J connectivity index is 1.23. The highest BCUT2D eigenvalue weighted by atomic mass is 16.5. The summed E-state index contributed by atoms with van der Waals surface area (Å²) in [4.78, 5) is 0. The van der Waals surface area contributed by atoms with Gasteiger partial charge in [-0.2, -0.15) is 0 Å². The van der Waals surface area contributed by atoms with Crippen LogP contribution in [0.4, 0.5) is 0 Å². The summed E-state index contributed by atoms with van der Waals surface area (Å²) in [5, 5.41) is 0. The van der Waals surface area contributed by atoms with E-state index in [0.717, 1.165) is 24.4 Å². The summed E-state index contributed by atoms with van der Waals surface area (Å²) in [6, 6.07) is 18.7. The fraction of sp³-hybridized carbons (Fsp3) is 0.647. The van der Waals surface area contributed by atoms with Crippen molar-refractivity contribution in [1.29, 1.82) is 0 Å². The molecule has 2 aromatic rings. The first-order chi connectivity index (χ1) is 17.3. The highest BCUT2D eigenvalue weighted by Gasteiger charge is 2.23. The predicted octanol–water partition coefficient (Wildman–Crippen LogP) is 10.6. The fourth-order valence-electron chi connectivity index (χ4n) is 6.45. The van der Waals surface area contributed by atoms with Crippen molar-refractivity contribution in [3.63, 3.8) is 0 Å². The van der Waals surface area contributed by atoms with E-state index in [9.17, 15) is 0 Å². The van der Waals surface area contributed by atoms with Gasteiger partial charge in [0.2, 0.25) is 0 Å². The van der Waals surface area contributed by atoms with Crippen LogP contribution in [0.25, 0.3) is 11.1 Å². The van der Waals surface area contributed by atoms with Gasteiger partial charge in [-0.1, -0.05) is 114 Å². The number of unbranched alkanes of at least 4 members (excludes halogenated alkanes) is 5. The fourth-order valence-corrected chi connectivity index (χ4v) is 6.45. The maximum atomic E-state index is 6.25. The molecule has 192 valence electrons. The van der Waals surface area contributed by atoms with E-state index >= 15 is 0 Å². The van der Waals surface area contributed by atoms with Gasteiger partial charge in [0, 0.05) is 0 Å². The minimum atomic E-state index is 0.288. The maximum absolute atomic E-state index is 6.25. The molecule has 1 heterocycles. The Labute approximate surface area is 216 Å². The third kappa shape index (κ3) is 7.94. The summed E-state index contributed by atoms with van der Waals surface area (Å²) in [5.74, 6) is 2.53. The SMILES string of the molecule is CCCCCCC[C@H]1CC[C@H](c2ccc(-c3ccc(C4CCC(CCCC)CO4)cc3)cc2)CC1. The zero-order chi connectivity index (χ0) is 24.3. The lowest BCUT2D eigenvalue weighted by molar-refractivity contribution is -0.0197. The zero-order valence-corrected chi connectivity index (χ0v) is 22.7. The van der Waals surface area contributed by atoms with Crippen molar-refractivity contribution < 1.29 is 4.74 Å². The van der Waals surface area contributed by atoms with E-state index in [1.165, 1.54) is 113 Å². The molecule has 35 heavy (non-hydrogen) atoms. The van der Waals surface area contributed by atoms with Crippen LogP contribution in [0.2, 0.25) is 0 Å². The van der Waals surface area contributed by atoms with Crippen LogP contribution in [0.15, 0.2) is 48.5 Å². The molecule has 0 amide bonds. The largest absolute Gasteiger partial charge is 0.373 e. The van der Waals surface area contributed by atoms with Gasteiger partial charge in [0.05, 0.1) is 12.7 Å². The third-order valence-electron chi connectivity index (χ3n) is 8.90. The minimum absolute atomic E-state index is 0.288. The molecule has 4 rings (SSSR count). The van der Waals surface area contributed by atoms with E-state index in [1.54, 1.807) is 5.56 Å². The smallest absolute Gasteiger partial charge is 0.0825 e. The molecule has 2 aromatic carbocycles. The Morgan fingerprint density at radius 2 is 1.14 bits per heavy atom. The lowest BCUT2D eigenvalue weighted by atomic mass is 9.77. The molecule has 1 aliphatic carbocycles. The summed E-state index contributed by atoms with van der Waals surface area (Å²) < 4.78 is 6.25. The molecule has 2 aliphatic rings. The lowest BCUT2D eigenvalue weighted by Gasteiger charge is -2.29. The third-order valence-corrected chi connectivity index (χ3v) is 8.90. The van der Waals surface area contributed by atoms with E-state index in [-0.39, 0.29) is 6.10 Å². The molecular formula is C34H50O. The van der Waals surface area contributed by atoms with Gasteiger partial charge in [-0.05, 0) is 85.0 Å². The molecular weight excluding hydrogens is 424 g/mol. The van der Waals surface area contributed by atoms with Gasteiger partial charge in [0.15, 0.2) is 0 Å². The van der Waals surface area contributed by atoms with E-state index < -0.39 is 0 Å². The zero-order valence-electron chi connectivity index (χ0n) is 22.7. The average Bonchev–Trinajstić information content (AvgIpc) is 2.93. The van der Waals surface area contributed by atoms with Crippen molar-refractivity contribution in [2.24, 2.45) is 11.8 Å². The molecule has 1 nitrogen and oxygen atoms in total. The molecule has 0 bridgehead atoms. The van der Waals surface area contributed by atoms with Crippen LogP contribution in [0.1, 0.15) is 133 Å². The number of hydrogen-bond acceptors (Lipinski definition) is 1. The van der Waals surface area contributed by atoms with Crippen LogP contribution >= 0.6 is 0 Å². The Morgan fingerprint density at radius 1 is 0.571 bits per heavy atom. The van der Waals surface area contributed by atoms with Crippen molar-refractivity contribution in [3.8, 4) is 11.1 Å². The summed E-state index contributed by atoms with van der Waals surface area (Å²) in [6.45, 7) is 5.53. The van der Waals surface area contributed by atoms with Crippen LogP contribution in [0.5, 0.6) is 0 Å². The molecule has 1 saturated carbocycles. The normalized spacial score (nSPS) is 25.0. The molecule has 0 radical (unpaired) electrons. The summed E-state index contributed by atoms with van der Waals surface area (Å²) in [6.07, 6.45) is 21.0. The second-order valence-electron chi connectivity index (χ2n) is 11.6. The highest BCUT2D eigenvalue weighted by molar-refractivity contribution is 5.64. The number of rotatable bonds is 12. The topological polar surface area (TPSA) is 9.23 Å². The molecule has 0 aromatic heterocycles. The molecule has 1 aliphatic heterocycles. The van der Waals surface area contributed by atoms with Crippen LogP contribution in [0.3, 0.4) is 0 Å². The Hall–Kier alpha value is -1.60. The second kappa shape index (κ2) is 14.2. The van der Waals surface area contributed by atoms with E-state index in [0.29, 0.717) is 0 Å². The Kier molecular flexibility index (Phi) is 10.8. The summed E-state index contributed by atoms with van der Waals surface area (Å²) in [5.41, 5.74) is 5.57. The van der Waals surface area contributed by atoms with Crippen LogP contribution in [-0.2, 0) is 4.74 Å². The van der Waals surface area contributed by atoms with Gasteiger partial charge in [0.1, 0.15) is 0 Å². The number of hydrogen-bond donors (Lipinski definition) is 0. The lowest BCUT2D eigenvalue weighted by Crippen LogP contribution is -2.20. The van der Waals surface area contributed by atoms with E-state index in [2.05, 4.69) is 62.4 Å². The van der Waals surface area contributed by atoms with E-state index in [4.69, 9.17) is 4.74 Å². The first-order valence-corrected chi connectivity index (χ1v) is 15.1. The van der Waals surface area contributed by atoms with Gasteiger partial charge in [-0.3, -0.25) is 0 Å². The van der Waals surface area contributed by atoms with Gasteiger partial charge >= 0.3 is 0 Å². The Bertz CT molecular complexity index is 820. The van der Waals surface area contributed by atoms with Crippen LogP contribution in [-0.4, -0.2) is 6.61 Å². The first-order valence-electron chi connectivity index (χ1n) is 15.1. The molecule has 0 N–H and O–H groups in total. The monoisotopic (exact) mass is 474 g/mol. The van der Waals surface area contributed by atoms with E-state index in [1.807, 2.05) is 0 Å². The molecule has 2 fully saturated rings. The van der Waals surface area contributed by atoms with Crippen molar-refractivity contribution in [3.05, 3.63) is 59.7 Å². The van der Waals surface area contributed by atoms with Crippen LogP contribution < -0.4 is 0 Å². The minimum Gasteiger partial charge on any atom is -0.373 e. The Morgan fingerprint density at radius 3 is 1.74 bits per heavy atom. The second-order valence-corrected chi connectivity index (χ2v) is 11.6. The summed E-state index contributed by atoms with van der Waals surface area (Å²) >= 11 is 0. The average molecular weight is 475 g/mol. The maximum Gasteiger partial charge on any atom is 0.0825 e. The highest BCUT2D eigenvalue weighted by Crippen LogP contribution is 2.39. The molecule has 2 atom stereocenters. The first kappa shape index (κ1) is 26.5. The van der Waals surface area contributed by atoms with Crippen molar-refractivity contribution in [2.45, 2.75) is 122 Å². The van der Waals surface area contributed by atoms with Crippen molar-refractivity contribution >= 4 is 0 Å². The van der Waals surface area contributed by atoms with Gasteiger partial charge in [0.25, 0.3) is 0 Å². The van der Waals surface area contributed by atoms with Gasteiger partial charge in [-0.25, -0.2) is 0 Å². The number of benzene rings is 2. The van der Waals surface area contributed by atoms with Crippen molar-refractivity contribution in [2.75, 3.05) is 6.61 Å². The van der Waals surface area contributed by atoms with Gasteiger partial charge in [-0.15, -0.1) is 0 Å². The van der Waals surface area contributed by atoms with Crippen molar-refractivity contribution in [1.82, 2.24) is 0 Å². The number of ether oxygens (including phenoxy) is 1. The molecule has 0 spiro atoms. The molecule has 1 saturated heterocycles. The molecule has 2 unspecified atom stereocenters. The predicted molar refractivity (Wildman–Crippen MR) is 151 cm³/mol. The quantitative estimate of drug-likeness (QED) is 0.278. The summed E-state index contributed by atoms with van der Waals surface area (Å²) in [7, 11) is 0. The van der Waals surface area contributed by atoms with Gasteiger partial charge < -0.3 is 4.74 Å². The molecule has 1 heteroatoms.